The van der Waals surface area contributed by atoms with Gasteiger partial charge >= 0.3 is 5.97 Å². The summed E-state index contributed by atoms with van der Waals surface area (Å²) in [5.41, 5.74) is 7.73. The lowest BCUT2D eigenvalue weighted by Gasteiger charge is -2.16. The van der Waals surface area contributed by atoms with Crippen LogP contribution in [0.1, 0.15) is 47.6 Å². The fourth-order valence-electron chi connectivity index (χ4n) is 3.45. The van der Waals surface area contributed by atoms with E-state index >= 15 is 0 Å². The predicted molar refractivity (Wildman–Crippen MR) is 109 cm³/mol. The van der Waals surface area contributed by atoms with E-state index in [9.17, 15) is 9.59 Å². The van der Waals surface area contributed by atoms with Crippen LogP contribution < -0.4 is 16.2 Å². The van der Waals surface area contributed by atoms with Crippen molar-refractivity contribution in [2.24, 2.45) is 5.92 Å². The lowest BCUT2D eigenvalue weighted by Crippen LogP contribution is -2.30. The first-order valence-corrected chi connectivity index (χ1v) is 10.2. The van der Waals surface area contributed by atoms with Gasteiger partial charge in [-0.2, -0.15) is 0 Å². The third-order valence-corrected chi connectivity index (χ3v) is 6.03. The van der Waals surface area contributed by atoms with E-state index in [-0.39, 0.29) is 11.6 Å². The van der Waals surface area contributed by atoms with Crippen LogP contribution in [0.15, 0.2) is 30.3 Å². The maximum atomic E-state index is 12.4. The molecule has 0 saturated carbocycles. The first-order chi connectivity index (χ1) is 13.5. The molecule has 2 unspecified atom stereocenters. The fourth-order valence-corrected chi connectivity index (χ4v) is 4.45. The number of thiazole rings is 1. The lowest BCUT2D eigenvalue weighted by molar-refractivity contribution is -0.116. The highest BCUT2D eigenvalue weighted by Crippen LogP contribution is 2.27. The Balaban J connectivity index is 1.66. The Morgan fingerprint density at radius 3 is 2.50 bits per heavy atom. The maximum absolute atomic E-state index is 12.4. The summed E-state index contributed by atoms with van der Waals surface area (Å²) in [6.45, 7) is 4.22. The number of anilines is 1. The third kappa shape index (κ3) is 4.95. The Labute approximate surface area is 168 Å². The van der Waals surface area contributed by atoms with Crippen LogP contribution in [0.25, 0.3) is 0 Å². The van der Waals surface area contributed by atoms with Gasteiger partial charge in [0.2, 0.25) is 5.91 Å². The minimum atomic E-state index is -0.492. The normalized spacial score (nSPS) is 21.5. The molecule has 1 aliphatic rings. The number of aromatic nitrogens is 1. The molecule has 1 amide bonds. The third-order valence-electron chi connectivity index (χ3n) is 5.06. The zero-order valence-electron chi connectivity index (χ0n) is 16.3. The van der Waals surface area contributed by atoms with Crippen molar-refractivity contribution in [2.75, 3.05) is 12.4 Å². The van der Waals surface area contributed by atoms with Gasteiger partial charge in [0.25, 0.3) is 0 Å². The SMILES string of the molecule is COC(=O)c1nc(NC(=O)CCC2C(C)NNC2C)sc1Cc1ccccc1. The summed E-state index contributed by atoms with van der Waals surface area (Å²) < 4.78 is 4.85. The Bertz CT molecular complexity index is 814. The Morgan fingerprint density at radius 1 is 1.18 bits per heavy atom. The molecule has 1 aromatic carbocycles. The molecule has 3 N–H and O–H groups in total. The second-order valence-corrected chi connectivity index (χ2v) is 8.15. The van der Waals surface area contributed by atoms with Gasteiger partial charge in [0.05, 0.1) is 7.11 Å². The summed E-state index contributed by atoms with van der Waals surface area (Å²) in [4.78, 5) is 29.6. The van der Waals surface area contributed by atoms with E-state index in [4.69, 9.17) is 4.74 Å². The number of hydrogen-bond acceptors (Lipinski definition) is 7. The van der Waals surface area contributed by atoms with E-state index in [1.807, 2.05) is 30.3 Å². The highest BCUT2D eigenvalue weighted by atomic mass is 32.1. The van der Waals surface area contributed by atoms with Crippen molar-refractivity contribution < 1.29 is 14.3 Å². The number of ether oxygens (including phenoxy) is 1. The smallest absolute Gasteiger partial charge is 0.357 e. The number of carbonyl (C=O) groups is 2. The Morgan fingerprint density at radius 2 is 1.86 bits per heavy atom. The van der Waals surface area contributed by atoms with Crippen LogP contribution in [0.4, 0.5) is 5.13 Å². The summed E-state index contributed by atoms with van der Waals surface area (Å²) >= 11 is 1.32. The lowest BCUT2D eigenvalue weighted by atomic mass is 9.91. The zero-order chi connectivity index (χ0) is 20.1. The highest BCUT2D eigenvalue weighted by Gasteiger charge is 2.30. The number of amides is 1. The number of benzene rings is 1. The highest BCUT2D eigenvalue weighted by molar-refractivity contribution is 7.16. The first-order valence-electron chi connectivity index (χ1n) is 9.40. The van der Waals surface area contributed by atoms with E-state index < -0.39 is 5.97 Å². The molecule has 0 bridgehead atoms. The van der Waals surface area contributed by atoms with Crippen molar-refractivity contribution in [2.45, 2.75) is 45.2 Å². The van der Waals surface area contributed by atoms with Crippen LogP contribution in [0.2, 0.25) is 0 Å². The van der Waals surface area contributed by atoms with Gasteiger partial charge in [-0.05, 0) is 31.7 Å². The molecule has 1 fully saturated rings. The number of carbonyl (C=O) groups excluding carboxylic acids is 2. The number of methoxy groups -OCH3 is 1. The number of nitrogens with one attached hydrogen (secondary N) is 3. The molecular formula is C20H26N4O3S. The van der Waals surface area contributed by atoms with Crippen LogP contribution in [-0.2, 0) is 16.0 Å². The van der Waals surface area contributed by atoms with Gasteiger partial charge in [0, 0.05) is 29.8 Å². The van der Waals surface area contributed by atoms with Crippen LogP contribution in [-0.4, -0.2) is 36.1 Å². The molecule has 1 aliphatic heterocycles. The first kappa shape index (κ1) is 20.4. The fraction of sp³-hybridized carbons (Fsp3) is 0.450. The largest absolute Gasteiger partial charge is 0.464 e. The number of hydrazine groups is 1. The monoisotopic (exact) mass is 402 g/mol. The van der Waals surface area contributed by atoms with Crippen molar-refractivity contribution in [3.05, 3.63) is 46.5 Å². The second kappa shape index (κ2) is 9.27. The molecule has 0 aliphatic carbocycles. The molecule has 8 heteroatoms. The van der Waals surface area contributed by atoms with E-state index in [1.54, 1.807) is 0 Å². The number of hydrogen-bond donors (Lipinski definition) is 3. The number of esters is 1. The average molecular weight is 403 g/mol. The molecule has 1 aromatic heterocycles. The van der Waals surface area contributed by atoms with Gasteiger partial charge in [-0.15, -0.1) is 11.3 Å². The summed E-state index contributed by atoms with van der Waals surface area (Å²) in [6.07, 6.45) is 1.75. The van der Waals surface area contributed by atoms with Crippen molar-refractivity contribution in [1.29, 1.82) is 0 Å². The van der Waals surface area contributed by atoms with Crippen molar-refractivity contribution in [3.63, 3.8) is 0 Å². The molecular weight excluding hydrogens is 376 g/mol. The van der Waals surface area contributed by atoms with Gasteiger partial charge in [-0.25, -0.2) is 9.78 Å². The second-order valence-electron chi connectivity index (χ2n) is 7.06. The molecule has 0 spiro atoms. The summed E-state index contributed by atoms with van der Waals surface area (Å²) in [5.74, 6) is -0.197. The van der Waals surface area contributed by atoms with Crippen LogP contribution in [0, 0.1) is 5.92 Å². The zero-order valence-corrected chi connectivity index (χ0v) is 17.1. The molecule has 2 aromatic rings. The quantitative estimate of drug-likeness (QED) is 0.617. The van der Waals surface area contributed by atoms with E-state index in [0.717, 1.165) is 16.9 Å². The van der Waals surface area contributed by atoms with Gasteiger partial charge in [0.1, 0.15) is 0 Å². The molecule has 28 heavy (non-hydrogen) atoms. The molecule has 1 saturated heterocycles. The standard InChI is InChI=1S/C20H26N4O3S/c1-12-15(13(2)24-23-12)9-10-17(25)21-20-22-18(19(26)27-3)16(28-20)11-14-7-5-4-6-8-14/h4-8,12-13,15,23-24H,9-11H2,1-3H3,(H,21,22,25). The van der Waals surface area contributed by atoms with Gasteiger partial charge in [-0.1, -0.05) is 30.3 Å². The van der Waals surface area contributed by atoms with Crippen LogP contribution in [0.5, 0.6) is 0 Å². The summed E-state index contributed by atoms with van der Waals surface area (Å²) in [6, 6.07) is 10.5. The molecule has 3 rings (SSSR count). The molecule has 2 heterocycles. The summed E-state index contributed by atoms with van der Waals surface area (Å²) in [5, 5.41) is 3.27. The van der Waals surface area contributed by atoms with E-state index in [2.05, 4.69) is 35.0 Å². The molecule has 2 atom stereocenters. The minimum Gasteiger partial charge on any atom is -0.464 e. The van der Waals surface area contributed by atoms with Crippen molar-refractivity contribution in [3.8, 4) is 0 Å². The van der Waals surface area contributed by atoms with Crippen LogP contribution >= 0.6 is 11.3 Å². The molecule has 150 valence electrons. The molecule has 7 nitrogen and oxygen atoms in total. The number of rotatable bonds is 7. The Hall–Kier alpha value is -2.29. The average Bonchev–Trinajstić information content (AvgIpc) is 3.23. The summed E-state index contributed by atoms with van der Waals surface area (Å²) in [7, 11) is 1.33. The van der Waals surface area contributed by atoms with Gasteiger partial charge < -0.3 is 10.1 Å². The van der Waals surface area contributed by atoms with E-state index in [0.29, 0.717) is 36.0 Å². The van der Waals surface area contributed by atoms with Crippen molar-refractivity contribution >= 4 is 28.3 Å². The van der Waals surface area contributed by atoms with Crippen LogP contribution in [0.3, 0.4) is 0 Å². The van der Waals surface area contributed by atoms with E-state index in [1.165, 1.54) is 18.4 Å². The van der Waals surface area contributed by atoms with Gasteiger partial charge in [-0.3, -0.25) is 15.6 Å². The number of nitrogens with zero attached hydrogens (tertiary/aromatic N) is 1. The predicted octanol–water partition coefficient (Wildman–Crippen LogP) is 2.74. The van der Waals surface area contributed by atoms with Crippen molar-refractivity contribution in [1.82, 2.24) is 15.8 Å². The topological polar surface area (TPSA) is 92.3 Å². The van der Waals surface area contributed by atoms with Gasteiger partial charge in [0.15, 0.2) is 10.8 Å². The maximum Gasteiger partial charge on any atom is 0.357 e. The molecule has 0 radical (unpaired) electrons. The minimum absolute atomic E-state index is 0.0947. The Kier molecular flexibility index (Phi) is 6.77.